The lowest BCUT2D eigenvalue weighted by Crippen LogP contribution is -2.40. The lowest BCUT2D eigenvalue weighted by molar-refractivity contribution is 0.327. The van der Waals surface area contributed by atoms with E-state index in [0.29, 0.717) is 6.04 Å². The molecule has 0 radical (unpaired) electrons. The summed E-state index contributed by atoms with van der Waals surface area (Å²) in [5.74, 6) is 1.10. The van der Waals surface area contributed by atoms with Gasteiger partial charge in [-0.1, -0.05) is 6.92 Å². The molecule has 1 saturated heterocycles. The van der Waals surface area contributed by atoms with Crippen LogP contribution in [0, 0.1) is 6.92 Å². The molecule has 0 saturated carbocycles. The quantitative estimate of drug-likeness (QED) is 0.868. The Bertz CT molecular complexity index is 405. The standard InChI is InChI=1S/C14H24N4/c1-4-13-10-17(3)6-5-7-18(13)14-11(2)8-12(15)9-16-14/h8-9,13H,4-7,10,15H2,1-3H3. The number of nitrogens with two attached hydrogens (primary N) is 1. The molecule has 4 nitrogen and oxygen atoms in total. The number of anilines is 2. The van der Waals surface area contributed by atoms with Crippen LogP contribution < -0.4 is 10.6 Å². The van der Waals surface area contributed by atoms with Crippen LogP contribution in [0.2, 0.25) is 0 Å². The third-order valence-electron chi connectivity index (χ3n) is 3.72. The second-order valence-corrected chi connectivity index (χ2v) is 5.28. The predicted molar refractivity (Wildman–Crippen MR) is 76.9 cm³/mol. The van der Waals surface area contributed by atoms with E-state index in [0.717, 1.165) is 31.0 Å². The van der Waals surface area contributed by atoms with E-state index in [-0.39, 0.29) is 0 Å². The van der Waals surface area contributed by atoms with Crippen LogP contribution in [0.3, 0.4) is 0 Å². The van der Waals surface area contributed by atoms with E-state index in [2.05, 4.69) is 35.7 Å². The van der Waals surface area contributed by atoms with E-state index >= 15 is 0 Å². The molecule has 0 aliphatic carbocycles. The fourth-order valence-electron chi connectivity index (χ4n) is 2.76. The summed E-state index contributed by atoms with van der Waals surface area (Å²) in [6.07, 6.45) is 4.11. The number of likely N-dealkylation sites (N-methyl/N-ethyl adjacent to an activating group) is 1. The molecule has 0 amide bonds. The topological polar surface area (TPSA) is 45.4 Å². The molecule has 100 valence electrons. The van der Waals surface area contributed by atoms with Crippen molar-refractivity contribution in [3.63, 3.8) is 0 Å². The summed E-state index contributed by atoms with van der Waals surface area (Å²) < 4.78 is 0. The van der Waals surface area contributed by atoms with Gasteiger partial charge in [-0.05, 0) is 45.0 Å². The first-order valence-corrected chi connectivity index (χ1v) is 6.79. The number of aryl methyl sites for hydroxylation is 1. The molecule has 1 unspecified atom stereocenters. The average Bonchev–Trinajstić information content (AvgIpc) is 2.51. The summed E-state index contributed by atoms with van der Waals surface area (Å²) in [6, 6.07) is 2.57. The molecule has 4 heteroatoms. The second kappa shape index (κ2) is 5.57. The summed E-state index contributed by atoms with van der Waals surface area (Å²) in [5, 5.41) is 0. The van der Waals surface area contributed by atoms with E-state index in [9.17, 15) is 0 Å². The molecule has 2 N–H and O–H groups in total. The molecule has 1 atom stereocenters. The van der Waals surface area contributed by atoms with Gasteiger partial charge >= 0.3 is 0 Å². The normalized spacial score (nSPS) is 21.9. The molecule has 0 aromatic carbocycles. The van der Waals surface area contributed by atoms with Crippen molar-refractivity contribution in [3.8, 4) is 0 Å². The van der Waals surface area contributed by atoms with Gasteiger partial charge in [-0.25, -0.2) is 4.98 Å². The van der Waals surface area contributed by atoms with E-state index in [1.807, 2.05) is 6.07 Å². The maximum absolute atomic E-state index is 5.79. The van der Waals surface area contributed by atoms with Gasteiger partial charge in [0.2, 0.25) is 0 Å². The molecule has 1 aliphatic heterocycles. The third-order valence-corrected chi connectivity index (χ3v) is 3.72. The summed E-state index contributed by atoms with van der Waals surface area (Å²) in [7, 11) is 2.20. The van der Waals surface area contributed by atoms with Gasteiger partial charge in [0.15, 0.2) is 0 Å². The Morgan fingerprint density at radius 3 is 2.89 bits per heavy atom. The van der Waals surface area contributed by atoms with Gasteiger partial charge in [-0.3, -0.25) is 0 Å². The van der Waals surface area contributed by atoms with E-state index in [1.165, 1.54) is 18.5 Å². The lowest BCUT2D eigenvalue weighted by atomic mass is 10.1. The van der Waals surface area contributed by atoms with Crippen molar-refractivity contribution in [1.82, 2.24) is 9.88 Å². The summed E-state index contributed by atoms with van der Waals surface area (Å²) in [6.45, 7) is 7.72. The molecule has 18 heavy (non-hydrogen) atoms. The minimum absolute atomic E-state index is 0.548. The highest BCUT2D eigenvalue weighted by Gasteiger charge is 2.24. The molecular formula is C14H24N4. The molecule has 2 rings (SSSR count). The first kappa shape index (κ1) is 13.1. The van der Waals surface area contributed by atoms with E-state index in [4.69, 9.17) is 5.73 Å². The number of hydrogen-bond donors (Lipinski definition) is 1. The van der Waals surface area contributed by atoms with Crippen LogP contribution in [0.4, 0.5) is 11.5 Å². The van der Waals surface area contributed by atoms with Gasteiger partial charge in [-0.2, -0.15) is 0 Å². The lowest BCUT2D eigenvalue weighted by Gasteiger charge is -2.32. The Hall–Kier alpha value is -1.29. The van der Waals surface area contributed by atoms with Crippen LogP contribution >= 0.6 is 0 Å². The van der Waals surface area contributed by atoms with Crippen molar-refractivity contribution < 1.29 is 0 Å². The summed E-state index contributed by atoms with van der Waals surface area (Å²) in [5.41, 5.74) is 7.71. The van der Waals surface area contributed by atoms with Crippen LogP contribution in [-0.2, 0) is 0 Å². The highest BCUT2D eigenvalue weighted by Crippen LogP contribution is 2.24. The number of pyridine rings is 1. The van der Waals surface area contributed by atoms with Gasteiger partial charge in [0.05, 0.1) is 11.9 Å². The molecule has 2 heterocycles. The largest absolute Gasteiger partial charge is 0.397 e. The highest BCUT2D eigenvalue weighted by atomic mass is 15.3. The van der Waals surface area contributed by atoms with Crippen molar-refractivity contribution in [1.29, 1.82) is 0 Å². The third kappa shape index (κ3) is 2.75. The van der Waals surface area contributed by atoms with E-state index < -0.39 is 0 Å². The second-order valence-electron chi connectivity index (χ2n) is 5.28. The van der Waals surface area contributed by atoms with Crippen molar-refractivity contribution in [2.75, 3.05) is 37.3 Å². The molecule has 0 spiro atoms. The molecular weight excluding hydrogens is 224 g/mol. The number of rotatable bonds is 2. The van der Waals surface area contributed by atoms with Gasteiger partial charge in [-0.15, -0.1) is 0 Å². The molecule has 0 bridgehead atoms. The van der Waals surface area contributed by atoms with Gasteiger partial charge in [0, 0.05) is 19.1 Å². The smallest absolute Gasteiger partial charge is 0.131 e. The van der Waals surface area contributed by atoms with E-state index in [1.54, 1.807) is 6.20 Å². The van der Waals surface area contributed by atoms with Gasteiger partial charge in [0.1, 0.15) is 5.82 Å². The minimum Gasteiger partial charge on any atom is -0.397 e. The number of hydrogen-bond acceptors (Lipinski definition) is 4. The molecule has 1 aromatic heterocycles. The maximum Gasteiger partial charge on any atom is 0.131 e. The summed E-state index contributed by atoms with van der Waals surface area (Å²) >= 11 is 0. The fourth-order valence-corrected chi connectivity index (χ4v) is 2.76. The Morgan fingerprint density at radius 1 is 1.44 bits per heavy atom. The molecule has 1 fully saturated rings. The zero-order valence-electron chi connectivity index (χ0n) is 11.7. The minimum atomic E-state index is 0.548. The first-order valence-electron chi connectivity index (χ1n) is 6.79. The number of nitrogens with zero attached hydrogens (tertiary/aromatic N) is 3. The Labute approximate surface area is 110 Å². The van der Waals surface area contributed by atoms with Crippen LogP contribution in [0.1, 0.15) is 25.3 Å². The predicted octanol–water partition coefficient (Wildman–Crippen LogP) is 1.89. The van der Waals surface area contributed by atoms with Gasteiger partial charge in [0.25, 0.3) is 0 Å². The zero-order chi connectivity index (χ0) is 13.1. The van der Waals surface area contributed by atoms with Crippen molar-refractivity contribution in [3.05, 3.63) is 17.8 Å². The maximum atomic E-state index is 5.79. The van der Waals surface area contributed by atoms with Crippen LogP contribution in [0.15, 0.2) is 12.3 Å². The number of nitrogen functional groups attached to an aromatic ring is 1. The molecule has 1 aliphatic rings. The highest BCUT2D eigenvalue weighted by molar-refractivity contribution is 5.53. The monoisotopic (exact) mass is 248 g/mol. The first-order chi connectivity index (χ1) is 8.61. The van der Waals surface area contributed by atoms with Crippen molar-refractivity contribution >= 4 is 11.5 Å². The van der Waals surface area contributed by atoms with Gasteiger partial charge < -0.3 is 15.5 Å². The SMILES string of the molecule is CCC1CN(C)CCCN1c1ncc(N)cc1C. The Balaban J connectivity index is 2.28. The van der Waals surface area contributed by atoms with Crippen molar-refractivity contribution in [2.45, 2.75) is 32.7 Å². The summed E-state index contributed by atoms with van der Waals surface area (Å²) in [4.78, 5) is 9.42. The Morgan fingerprint density at radius 2 is 2.22 bits per heavy atom. The van der Waals surface area contributed by atoms with Crippen LogP contribution in [0.5, 0.6) is 0 Å². The molecule has 1 aromatic rings. The average molecular weight is 248 g/mol. The fraction of sp³-hybridized carbons (Fsp3) is 0.643. The Kier molecular flexibility index (Phi) is 4.07. The van der Waals surface area contributed by atoms with Crippen LogP contribution in [-0.4, -0.2) is 42.6 Å². The van der Waals surface area contributed by atoms with Crippen molar-refractivity contribution in [2.24, 2.45) is 0 Å². The van der Waals surface area contributed by atoms with Crippen LogP contribution in [0.25, 0.3) is 0 Å². The number of aromatic nitrogens is 1. The zero-order valence-corrected chi connectivity index (χ0v) is 11.7.